The topological polar surface area (TPSA) is 155 Å². The molecule has 1 rings (SSSR count). The van der Waals surface area contributed by atoms with Crippen molar-refractivity contribution in [3.05, 3.63) is 22.1 Å². The van der Waals surface area contributed by atoms with Gasteiger partial charge in [-0.1, -0.05) is 0 Å². The van der Waals surface area contributed by atoms with E-state index in [-0.39, 0.29) is 5.82 Å². The van der Waals surface area contributed by atoms with Crippen LogP contribution >= 0.6 is 0 Å². The fourth-order valence-corrected chi connectivity index (χ4v) is 1.07. The summed E-state index contributed by atoms with van der Waals surface area (Å²) in [5.41, 5.74) is 4.81. The third kappa shape index (κ3) is 2.74. The van der Waals surface area contributed by atoms with Crippen LogP contribution in [0, 0.1) is 10.1 Å². The quantitative estimate of drug-likeness (QED) is 0.359. The van der Waals surface area contributed by atoms with Gasteiger partial charge in [-0.15, -0.1) is 0 Å². The number of nitro groups is 1. The molecule has 2 atom stereocenters. The summed E-state index contributed by atoms with van der Waals surface area (Å²) >= 11 is 0. The predicted octanol–water partition coefficient (Wildman–Crippen LogP) is -1.41. The number of amides is 1. The first-order chi connectivity index (χ1) is 7.41. The van der Waals surface area contributed by atoms with Crippen LogP contribution < -0.4 is 5.73 Å². The van der Waals surface area contributed by atoms with Gasteiger partial charge in [0.2, 0.25) is 11.7 Å². The van der Waals surface area contributed by atoms with Gasteiger partial charge in [-0.25, -0.2) is 9.97 Å². The SMILES string of the molecule is NC(=O)CC(O)C(O)c1ncc([N+](=O)[O-])[nH]1. The maximum absolute atomic E-state index is 10.5. The molecule has 0 aliphatic rings. The van der Waals surface area contributed by atoms with Crippen LogP contribution in [-0.2, 0) is 4.79 Å². The van der Waals surface area contributed by atoms with Crippen molar-refractivity contribution >= 4 is 11.7 Å². The number of aliphatic hydroxyl groups excluding tert-OH is 2. The zero-order chi connectivity index (χ0) is 12.3. The molecular formula is C7H10N4O5. The molecule has 5 N–H and O–H groups in total. The normalized spacial score (nSPS) is 14.4. The third-order valence-electron chi connectivity index (χ3n) is 1.83. The lowest BCUT2D eigenvalue weighted by atomic mass is 10.1. The Morgan fingerprint density at radius 1 is 1.69 bits per heavy atom. The van der Waals surface area contributed by atoms with Crippen molar-refractivity contribution < 1.29 is 19.9 Å². The van der Waals surface area contributed by atoms with E-state index in [4.69, 9.17) is 5.73 Å². The van der Waals surface area contributed by atoms with E-state index in [2.05, 4.69) is 9.97 Å². The number of hydrogen-bond donors (Lipinski definition) is 4. The number of nitrogens with one attached hydrogen (secondary N) is 1. The predicted molar refractivity (Wildman–Crippen MR) is 50.0 cm³/mol. The van der Waals surface area contributed by atoms with Crippen molar-refractivity contribution in [1.82, 2.24) is 9.97 Å². The van der Waals surface area contributed by atoms with Gasteiger partial charge in [0.15, 0.2) is 6.10 Å². The van der Waals surface area contributed by atoms with E-state index in [1.807, 2.05) is 0 Å². The van der Waals surface area contributed by atoms with Gasteiger partial charge < -0.3 is 26.1 Å². The number of hydrogen-bond acceptors (Lipinski definition) is 6. The van der Waals surface area contributed by atoms with Gasteiger partial charge in [0.1, 0.15) is 6.20 Å². The number of rotatable bonds is 5. The highest BCUT2D eigenvalue weighted by Crippen LogP contribution is 2.18. The minimum Gasteiger partial charge on any atom is -0.389 e. The lowest BCUT2D eigenvalue weighted by Gasteiger charge is -2.11. The zero-order valence-electron chi connectivity index (χ0n) is 8.03. The Morgan fingerprint density at radius 3 is 2.75 bits per heavy atom. The first-order valence-corrected chi connectivity index (χ1v) is 4.25. The Kier molecular flexibility index (Phi) is 3.53. The molecule has 0 bridgehead atoms. The highest BCUT2D eigenvalue weighted by Gasteiger charge is 2.26. The first-order valence-electron chi connectivity index (χ1n) is 4.25. The number of primary amides is 1. The zero-order valence-corrected chi connectivity index (χ0v) is 8.03. The van der Waals surface area contributed by atoms with Crippen LogP contribution in [0.3, 0.4) is 0 Å². The summed E-state index contributed by atoms with van der Waals surface area (Å²) in [6.45, 7) is 0. The second-order valence-electron chi connectivity index (χ2n) is 3.09. The number of aliphatic hydroxyl groups is 2. The molecule has 9 nitrogen and oxygen atoms in total. The molecule has 2 unspecified atom stereocenters. The molecule has 0 aliphatic heterocycles. The lowest BCUT2D eigenvalue weighted by Crippen LogP contribution is -2.26. The lowest BCUT2D eigenvalue weighted by molar-refractivity contribution is -0.389. The van der Waals surface area contributed by atoms with Crippen LogP contribution in [0.2, 0.25) is 0 Å². The molecule has 1 aromatic rings. The van der Waals surface area contributed by atoms with Gasteiger partial charge in [0, 0.05) is 0 Å². The molecule has 9 heteroatoms. The molecule has 1 heterocycles. The summed E-state index contributed by atoms with van der Waals surface area (Å²) in [5.74, 6) is -1.41. The van der Waals surface area contributed by atoms with Crippen molar-refractivity contribution in [2.75, 3.05) is 0 Å². The molecule has 1 aromatic heterocycles. The van der Waals surface area contributed by atoms with E-state index in [9.17, 15) is 25.1 Å². The molecule has 0 radical (unpaired) electrons. The fraction of sp³-hybridized carbons (Fsp3) is 0.429. The van der Waals surface area contributed by atoms with E-state index in [0.29, 0.717) is 0 Å². The number of aromatic nitrogens is 2. The average molecular weight is 230 g/mol. The van der Waals surface area contributed by atoms with Crippen LogP contribution in [-0.4, -0.2) is 37.1 Å². The number of carbonyl (C=O) groups is 1. The Bertz CT molecular complexity index is 403. The van der Waals surface area contributed by atoms with Crippen molar-refractivity contribution in [2.24, 2.45) is 5.73 Å². The Labute approximate surface area is 89.1 Å². The molecule has 0 spiro atoms. The number of imidazole rings is 1. The fourth-order valence-electron chi connectivity index (χ4n) is 1.07. The van der Waals surface area contributed by atoms with Gasteiger partial charge in [0.05, 0.1) is 12.5 Å². The summed E-state index contributed by atoms with van der Waals surface area (Å²) in [6, 6.07) is 0. The molecule has 0 aliphatic carbocycles. The monoisotopic (exact) mass is 230 g/mol. The van der Waals surface area contributed by atoms with Gasteiger partial charge in [-0.05, 0) is 4.92 Å². The molecule has 0 saturated heterocycles. The molecule has 0 aromatic carbocycles. The maximum Gasteiger partial charge on any atom is 0.340 e. The third-order valence-corrected chi connectivity index (χ3v) is 1.83. The minimum atomic E-state index is -1.53. The van der Waals surface area contributed by atoms with Crippen LogP contribution in [0.25, 0.3) is 0 Å². The van der Waals surface area contributed by atoms with E-state index < -0.39 is 35.3 Å². The summed E-state index contributed by atoms with van der Waals surface area (Å²) < 4.78 is 0. The largest absolute Gasteiger partial charge is 0.389 e. The average Bonchev–Trinajstić information content (AvgIpc) is 2.64. The van der Waals surface area contributed by atoms with Gasteiger partial charge >= 0.3 is 5.82 Å². The number of nitrogens with zero attached hydrogens (tertiary/aromatic N) is 2. The molecular weight excluding hydrogens is 220 g/mol. The molecule has 0 fully saturated rings. The van der Waals surface area contributed by atoms with Gasteiger partial charge in [-0.2, -0.15) is 0 Å². The Morgan fingerprint density at radius 2 is 2.31 bits per heavy atom. The van der Waals surface area contributed by atoms with Crippen molar-refractivity contribution in [3.63, 3.8) is 0 Å². The number of carbonyl (C=O) groups excluding carboxylic acids is 1. The minimum absolute atomic E-state index is 0.194. The second kappa shape index (κ2) is 4.68. The van der Waals surface area contributed by atoms with Crippen LogP contribution in [0.5, 0.6) is 0 Å². The summed E-state index contributed by atoms with van der Waals surface area (Å²) in [7, 11) is 0. The van der Waals surface area contributed by atoms with Crippen molar-refractivity contribution in [1.29, 1.82) is 0 Å². The van der Waals surface area contributed by atoms with Crippen molar-refractivity contribution in [3.8, 4) is 0 Å². The first kappa shape index (κ1) is 12.1. The van der Waals surface area contributed by atoms with E-state index >= 15 is 0 Å². The standard InChI is InChI=1S/C7H10N4O5/c8-4(13)1-3(12)6(14)7-9-2-5(10-7)11(15)16/h2-3,6,12,14H,1H2,(H2,8,13)(H,9,10). The smallest absolute Gasteiger partial charge is 0.340 e. The van der Waals surface area contributed by atoms with Crippen LogP contribution in [0.1, 0.15) is 18.3 Å². The number of aromatic amines is 1. The van der Waals surface area contributed by atoms with Crippen LogP contribution in [0.15, 0.2) is 6.20 Å². The molecule has 1 amide bonds. The van der Waals surface area contributed by atoms with E-state index in [1.54, 1.807) is 0 Å². The Hall–Kier alpha value is -2.00. The van der Waals surface area contributed by atoms with Crippen molar-refractivity contribution in [2.45, 2.75) is 18.6 Å². The Balaban J connectivity index is 2.75. The summed E-state index contributed by atoms with van der Waals surface area (Å²) in [5, 5.41) is 29.1. The van der Waals surface area contributed by atoms with Gasteiger partial charge in [0.25, 0.3) is 0 Å². The highest BCUT2D eigenvalue weighted by atomic mass is 16.6. The molecule has 16 heavy (non-hydrogen) atoms. The molecule has 0 saturated carbocycles. The van der Waals surface area contributed by atoms with E-state index in [0.717, 1.165) is 6.20 Å². The second-order valence-corrected chi connectivity index (χ2v) is 3.09. The number of H-pyrrole nitrogens is 1. The summed E-state index contributed by atoms with van der Waals surface area (Å²) in [6.07, 6.45) is -2.55. The van der Waals surface area contributed by atoms with Crippen LogP contribution in [0.4, 0.5) is 5.82 Å². The highest BCUT2D eigenvalue weighted by molar-refractivity contribution is 5.74. The molecule has 88 valence electrons. The summed E-state index contributed by atoms with van der Waals surface area (Å²) in [4.78, 5) is 25.7. The maximum atomic E-state index is 10.5. The van der Waals surface area contributed by atoms with E-state index in [1.165, 1.54) is 0 Å². The number of nitrogens with two attached hydrogens (primary N) is 1. The van der Waals surface area contributed by atoms with Gasteiger partial charge in [-0.3, -0.25) is 4.79 Å².